The van der Waals surface area contributed by atoms with Crippen molar-refractivity contribution in [1.29, 1.82) is 0 Å². The molecule has 2 heterocycles. The summed E-state index contributed by atoms with van der Waals surface area (Å²) in [5.74, 6) is 0.0682. The Hall–Kier alpha value is -1.14. The van der Waals surface area contributed by atoms with Crippen molar-refractivity contribution in [2.75, 3.05) is 13.1 Å². The first-order valence-corrected chi connectivity index (χ1v) is 7.42. The number of nitrogens with zero attached hydrogens (tertiary/aromatic N) is 2. The molecule has 0 radical (unpaired) electrons. The predicted molar refractivity (Wildman–Crippen MR) is 74.4 cm³/mol. The summed E-state index contributed by atoms with van der Waals surface area (Å²) in [6.45, 7) is 5.29. The fraction of sp³-hybridized carbons (Fsp3) is 0.692. The van der Waals surface area contributed by atoms with Crippen molar-refractivity contribution in [2.24, 2.45) is 0 Å². The Labute approximate surface area is 116 Å². The Morgan fingerprint density at radius 1 is 1.58 bits per heavy atom. The minimum atomic E-state index is -0.740. The fourth-order valence-electron chi connectivity index (χ4n) is 2.38. The third-order valence-electron chi connectivity index (χ3n) is 3.55. The van der Waals surface area contributed by atoms with Crippen LogP contribution < -0.4 is 4.87 Å². The van der Waals surface area contributed by atoms with Gasteiger partial charge in [-0.2, -0.15) is 0 Å². The molecule has 5 nitrogen and oxygen atoms in total. The molecule has 1 aliphatic heterocycles. The van der Waals surface area contributed by atoms with Gasteiger partial charge in [0.25, 0.3) is 0 Å². The summed E-state index contributed by atoms with van der Waals surface area (Å²) < 4.78 is 1.71. The third-order valence-corrected chi connectivity index (χ3v) is 4.43. The minimum absolute atomic E-state index is 0.0362. The van der Waals surface area contributed by atoms with Crippen molar-refractivity contribution in [2.45, 2.75) is 45.3 Å². The Bertz CT molecular complexity index is 518. The molecule has 0 aromatic carbocycles. The molecule has 6 heteroatoms. The molecule has 1 N–H and O–H groups in total. The number of β-amino-alcohol motifs (C(OH)–C–C–N with tert-alkyl or cyclic N) is 1. The average molecular weight is 284 g/mol. The molecule has 1 atom stereocenters. The lowest BCUT2D eigenvalue weighted by atomic mass is 10.1. The van der Waals surface area contributed by atoms with E-state index in [2.05, 4.69) is 0 Å². The number of likely N-dealkylation sites (tertiary alicyclic amines) is 1. The highest BCUT2D eigenvalue weighted by atomic mass is 32.1. The number of hydrogen-bond acceptors (Lipinski definition) is 4. The SMILES string of the molecule is Cc1csc(=O)n1CCCC(=O)N1CCC(C)(O)C1. The summed E-state index contributed by atoms with van der Waals surface area (Å²) in [7, 11) is 0. The van der Waals surface area contributed by atoms with Gasteiger partial charge in [-0.15, -0.1) is 0 Å². The van der Waals surface area contributed by atoms with Crippen LogP contribution in [0.15, 0.2) is 10.2 Å². The number of carbonyl (C=O) groups excluding carboxylic acids is 1. The van der Waals surface area contributed by atoms with Crippen molar-refractivity contribution in [3.8, 4) is 0 Å². The molecule has 0 spiro atoms. The lowest BCUT2D eigenvalue weighted by Gasteiger charge is -2.19. The lowest BCUT2D eigenvalue weighted by Crippen LogP contribution is -2.33. The van der Waals surface area contributed by atoms with Crippen molar-refractivity contribution < 1.29 is 9.90 Å². The maximum Gasteiger partial charge on any atom is 0.307 e. The topological polar surface area (TPSA) is 62.5 Å². The van der Waals surface area contributed by atoms with Gasteiger partial charge in [-0.3, -0.25) is 9.59 Å². The third kappa shape index (κ3) is 3.45. The fourth-order valence-corrected chi connectivity index (χ4v) is 3.14. The number of amides is 1. The molecule has 1 aromatic heterocycles. The predicted octanol–water partition coefficient (Wildman–Crippen LogP) is 0.982. The second kappa shape index (κ2) is 5.46. The van der Waals surface area contributed by atoms with Gasteiger partial charge in [0.15, 0.2) is 0 Å². The molecule has 1 saturated heterocycles. The van der Waals surface area contributed by atoms with E-state index >= 15 is 0 Å². The summed E-state index contributed by atoms with van der Waals surface area (Å²) in [5.41, 5.74) is 0.211. The summed E-state index contributed by atoms with van der Waals surface area (Å²) in [4.78, 5) is 25.2. The molecular formula is C13H20N2O3S. The van der Waals surface area contributed by atoms with E-state index in [1.807, 2.05) is 12.3 Å². The summed E-state index contributed by atoms with van der Waals surface area (Å²) in [5, 5.41) is 11.7. The maximum absolute atomic E-state index is 12.0. The molecular weight excluding hydrogens is 264 g/mol. The molecule has 0 saturated carbocycles. The summed E-state index contributed by atoms with van der Waals surface area (Å²) >= 11 is 1.19. The Kier molecular flexibility index (Phi) is 4.10. The van der Waals surface area contributed by atoms with Gasteiger partial charge >= 0.3 is 4.87 Å². The first-order chi connectivity index (χ1) is 8.89. The van der Waals surface area contributed by atoms with Gasteiger partial charge in [0, 0.05) is 37.1 Å². The molecule has 1 aromatic rings. The molecule has 1 aliphatic rings. The van der Waals surface area contributed by atoms with Crippen molar-refractivity contribution in [1.82, 2.24) is 9.47 Å². The smallest absolute Gasteiger partial charge is 0.307 e. The second-order valence-electron chi connectivity index (χ2n) is 5.46. The van der Waals surface area contributed by atoms with E-state index < -0.39 is 5.60 Å². The van der Waals surface area contributed by atoms with Crippen molar-refractivity contribution in [3.05, 3.63) is 20.7 Å². The standard InChI is InChI=1S/C13H20N2O3S/c1-10-8-19-12(17)15(10)6-3-4-11(16)14-7-5-13(2,18)9-14/h8,18H,3-7,9H2,1-2H3. The van der Waals surface area contributed by atoms with Gasteiger partial charge < -0.3 is 14.6 Å². The van der Waals surface area contributed by atoms with E-state index in [-0.39, 0.29) is 10.8 Å². The van der Waals surface area contributed by atoms with Crippen LogP contribution in [0.25, 0.3) is 0 Å². The average Bonchev–Trinajstić information content (AvgIpc) is 2.85. The van der Waals surface area contributed by atoms with Crippen molar-refractivity contribution >= 4 is 17.2 Å². The molecule has 19 heavy (non-hydrogen) atoms. The van der Waals surface area contributed by atoms with Crippen LogP contribution in [0.3, 0.4) is 0 Å². The summed E-state index contributed by atoms with van der Waals surface area (Å²) in [6, 6.07) is 0. The Morgan fingerprint density at radius 2 is 2.32 bits per heavy atom. The van der Waals surface area contributed by atoms with E-state index in [4.69, 9.17) is 0 Å². The lowest BCUT2D eigenvalue weighted by molar-refractivity contribution is -0.131. The van der Waals surface area contributed by atoms with Crippen LogP contribution in [0.4, 0.5) is 0 Å². The second-order valence-corrected chi connectivity index (χ2v) is 6.28. The molecule has 2 rings (SSSR count). The van der Waals surface area contributed by atoms with E-state index in [9.17, 15) is 14.7 Å². The zero-order valence-electron chi connectivity index (χ0n) is 11.4. The molecule has 1 amide bonds. The molecule has 1 unspecified atom stereocenters. The number of thiazole rings is 1. The van der Waals surface area contributed by atoms with Crippen LogP contribution in [-0.2, 0) is 11.3 Å². The van der Waals surface area contributed by atoms with E-state index in [0.29, 0.717) is 38.9 Å². The molecule has 1 fully saturated rings. The van der Waals surface area contributed by atoms with Crippen LogP contribution in [0.5, 0.6) is 0 Å². The van der Waals surface area contributed by atoms with E-state index in [1.54, 1.807) is 16.4 Å². The Balaban J connectivity index is 1.81. The number of aliphatic hydroxyl groups is 1. The molecule has 0 aliphatic carbocycles. The van der Waals surface area contributed by atoms with Gasteiger partial charge in [-0.25, -0.2) is 0 Å². The van der Waals surface area contributed by atoms with Gasteiger partial charge in [0.2, 0.25) is 5.91 Å². The number of hydrogen-bond donors (Lipinski definition) is 1. The largest absolute Gasteiger partial charge is 0.388 e. The van der Waals surface area contributed by atoms with Gasteiger partial charge in [0.05, 0.1) is 5.60 Å². The molecule has 0 bridgehead atoms. The number of aromatic nitrogens is 1. The molecule has 106 valence electrons. The van der Waals surface area contributed by atoms with Crippen LogP contribution in [0.1, 0.15) is 31.9 Å². The number of rotatable bonds is 4. The highest BCUT2D eigenvalue weighted by Gasteiger charge is 2.33. The maximum atomic E-state index is 12.0. The first-order valence-electron chi connectivity index (χ1n) is 6.54. The van der Waals surface area contributed by atoms with E-state index in [1.165, 1.54) is 11.3 Å². The van der Waals surface area contributed by atoms with Gasteiger partial charge in [0.1, 0.15) is 0 Å². The van der Waals surface area contributed by atoms with Crippen LogP contribution in [0.2, 0.25) is 0 Å². The first kappa shape index (κ1) is 14.3. The number of carbonyl (C=O) groups is 1. The summed E-state index contributed by atoms with van der Waals surface area (Å²) in [6.07, 6.45) is 1.73. The van der Waals surface area contributed by atoms with Crippen LogP contribution >= 0.6 is 11.3 Å². The normalized spacial score (nSPS) is 23.0. The van der Waals surface area contributed by atoms with Crippen molar-refractivity contribution in [3.63, 3.8) is 0 Å². The monoisotopic (exact) mass is 284 g/mol. The zero-order valence-corrected chi connectivity index (χ0v) is 12.2. The van der Waals surface area contributed by atoms with Gasteiger partial charge in [-0.1, -0.05) is 11.3 Å². The minimum Gasteiger partial charge on any atom is -0.388 e. The van der Waals surface area contributed by atoms with Crippen LogP contribution in [-0.4, -0.2) is 39.2 Å². The highest BCUT2D eigenvalue weighted by Crippen LogP contribution is 2.21. The Morgan fingerprint density at radius 3 is 2.84 bits per heavy atom. The highest BCUT2D eigenvalue weighted by molar-refractivity contribution is 7.07. The van der Waals surface area contributed by atoms with E-state index in [0.717, 1.165) is 5.69 Å². The van der Waals surface area contributed by atoms with Crippen LogP contribution in [0, 0.1) is 6.92 Å². The quantitative estimate of drug-likeness (QED) is 0.896. The number of aryl methyl sites for hydroxylation is 1. The zero-order chi connectivity index (χ0) is 14.0. The van der Waals surface area contributed by atoms with Gasteiger partial charge in [-0.05, 0) is 26.7 Å².